The van der Waals surface area contributed by atoms with Crippen LogP contribution in [0.5, 0.6) is 0 Å². The normalized spacial score (nSPS) is 10.9. The number of carbonyl (C=O) groups is 2. The first-order valence-electron chi connectivity index (χ1n) is 6.12. The number of imidazole rings is 1. The molecule has 0 atom stereocenters. The molecular weight excluding hydrogens is 294 g/mol. The summed E-state index contributed by atoms with van der Waals surface area (Å²) in [5.74, 6) is -1.26. The van der Waals surface area contributed by atoms with E-state index in [4.69, 9.17) is 16.7 Å². The van der Waals surface area contributed by atoms with E-state index in [2.05, 4.69) is 15.0 Å². The number of halogens is 1. The van der Waals surface area contributed by atoms with E-state index in [1.165, 1.54) is 12.4 Å². The average molecular weight is 304 g/mol. The summed E-state index contributed by atoms with van der Waals surface area (Å²) < 4.78 is 0. The van der Waals surface area contributed by atoms with Crippen LogP contribution in [-0.2, 0) is 11.2 Å². The number of H-pyrrole nitrogens is 2. The highest BCUT2D eigenvalue weighted by atomic mass is 35.5. The van der Waals surface area contributed by atoms with Crippen LogP contribution in [0.1, 0.15) is 21.9 Å². The molecule has 0 saturated heterocycles. The predicted molar refractivity (Wildman–Crippen MR) is 76.7 cm³/mol. The van der Waals surface area contributed by atoms with Crippen LogP contribution in [0, 0.1) is 0 Å². The van der Waals surface area contributed by atoms with Crippen LogP contribution < -0.4 is 0 Å². The molecule has 0 amide bonds. The molecule has 0 unspecified atom stereocenters. The fourth-order valence-corrected chi connectivity index (χ4v) is 2.43. The number of hydrogen-bond donors (Lipinski definition) is 3. The van der Waals surface area contributed by atoms with Crippen LogP contribution in [0.3, 0.4) is 0 Å². The van der Waals surface area contributed by atoms with Crippen LogP contribution in [0.4, 0.5) is 0 Å². The van der Waals surface area contributed by atoms with Gasteiger partial charge in [-0.05, 0) is 18.2 Å². The van der Waals surface area contributed by atoms with E-state index < -0.39 is 5.97 Å². The number of rotatable bonds is 4. The lowest BCUT2D eigenvalue weighted by molar-refractivity contribution is -0.136. The first-order chi connectivity index (χ1) is 10.1. The standard InChI is InChI=1S/C14H10ClN3O3/c15-7-1-2-10-8(5-7)9(6-11(19)20)12(18-10)13(21)14-16-3-4-17-14/h1-5,18H,6H2,(H,16,17)(H,19,20). The number of hydrogen-bond acceptors (Lipinski definition) is 3. The van der Waals surface area contributed by atoms with Gasteiger partial charge in [0.15, 0.2) is 5.82 Å². The number of carboxylic acid groups (broad SMARTS) is 1. The molecule has 106 valence electrons. The number of aromatic amines is 2. The van der Waals surface area contributed by atoms with Gasteiger partial charge in [0.05, 0.1) is 12.1 Å². The second-order valence-corrected chi connectivity index (χ2v) is 4.94. The minimum Gasteiger partial charge on any atom is -0.481 e. The molecule has 0 fully saturated rings. The first-order valence-corrected chi connectivity index (χ1v) is 6.50. The van der Waals surface area contributed by atoms with Crippen molar-refractivity contribution in [1.29, 1.82) is 0 Å². The molecule has 0 bridgehead atoms. The third-order valence-electron chi connectivity index (χ3n) is 3.14. The van der Waals surface area contributed by atoms with Crippen molar-refractivity contribution >= 4 is 34.3 Å². The molecular formula is C14H10ClN3O3. The molecule has 2 heterocycles. The molecule has 0 spiro atoms. The molecule has 0 aliphatic heterocycles. The van der Waals surface area contributed by atoms with Crippen molar-refractivity contribution in [2.75, 3.05) is 0 Å². The summed E-state index contributed by atoms with van der Waals surface area (Å²) in [7, 11) is 0. The van der Waals surface area contributed by atoms with E-state index in [0.29, 0.717) is 21.5 Å². The third kappa shape index (κ3) is 2.41. The smallest absolute Gasteiger partial charge is 0.307 e. The lowest BCUT2D eigenvalue weighted by Crippen LogP contribution is -2.10. The Labute approximate surface area is 123 Å². The van der Waals surface area contributed by atoms with Crippen molar-refractivity contribution in [2.24, 2.45) is 0 Å². The molecule has 0 aliphatic carbocycles. The molecule has 0 radical (unpaired) electrons. The number of aliphatic carboxylic acids is 1. The van der Waals surface area contributed by atoms with E-state index in [9.17, 15) is 9.59 Å². The number of ketones is 1. The largest absolute Gasteiger partial charge is 0.481 e. The Kier molecular flexibility index (Phi) is 3.23. The van der Waals surface area contributed by atoms with Crippen LogP contribution in [0.25, 0.3) is 10.9 Å². The Balaban J connectivity index is 2.21. The van der Waals surface area contributed by atoms with E-state index in [1.807, 2.05) is 0 Å². The first kappa shape index (κ1) is 13.4. The number of carbonyl (C=O) groups excluding carboxylic acids is 1. The van der Waals surface area contributed by atoms with Crippen LogP contribution in [0.15, 0.2) is 30.6 Å². The van der Waals surface area contributed by atoms with E-state index in [1.54, 1.807) is 18.2 Å². The quantitative estimate of drug-likeness (QED) is 0.644. The zero-order valence-corrected chi connectivity index (χ0v) is 11.4. The van der Waals surface area contributed by atoms with Crippen molar-refractivity contribution in [1.82, 2.24) is 15.0 Å². The predicted octanol–water partition coefficient (Wildman–Crippen LogP) is 2.40. The van der Waals surface area contributed by atoms with Crippen molar-refractivity contribution in [3.63, 3.8) is 0 Å². The maximum Gasteiger partial charge on any atom is 0.307 e. The van der Waals surface area contributed by atoms with Gasteiger partial charge in [-0.1, -0.05) is 11.6 Å². The highest BCUT2D eigenvalue weighted by Crippen LogP contribution is 2.27. The summed E-state index contributed by atoms with van der Waals surface area (Å²) in [4.78, 5) is 33.1. The number of nitrogens with one attached hydrogen (secondary N) is 2. The number of fused-ring (bicyclic) bond motifs is 1. The molecule has 3 rings (SSSR count). The lowest BCUT2D eigenvalue weighted by atomic mass is 10.1. The van der Waals surface area contributed by atoms with E-state index in [-0.39, 0.29) is 23.7 Å². The van der Waals surface area contributed by atoms with Gasteiger partial charge in [0, 0.05) is 33.9 Å². The minimum atomic E-state index is -1.02. The van der Waals surface area contributed by atoms with Crippen LogP contribution in [-0.4, -0.2) is 31.8 Å². The lowest BCUT2D eigenvalue weighted by Gasteiger charge is -2.00. The molecule has 1 aromatic carbocycles. The Bertz CT molecular complexity index is 837. The molecule has 0 saturated carbocycles. The molecule has 0 aliphatic rings. The van der Waals surface area contributed by atoms with Gasteiger partial charge in [-0.2, -0.15) is 0 Å². The van der Waals surface area contributed by atoms with Crippen molar-refractivity contribution < 1.29 is 14.7 Å². The summed E-state index contributed by atoms with van der Waals surface area (Å²) in [6.07, 6.45) is 2.72. The van der Waals surface area contributed by atoms with Crippen LogP contribution in [0.2, 0.25) is 5.02 Å². The Morgan fingerprint density at radius 3 is 2.81 bits per heavy atom. The van der Waals surface area contributed by atoms with E-state index in [0.717, 1.165) is 0 Å². The van der Waals surface area contributed by atoms with E-state index >= 15 is 0 Å². The fourth-order valence-electron chi connectivity index (χ4n) is 2.26. The number of benzene rings is 1. The van der Waals surface area contributed by atoms with Gasteiger partial charge in [-0.25, -0.2) is 4.98 Å². The number of carboxylic acids is 1. The van der Waals surface area contributed by atoms with Gasteiger partial charge >= 0.3 is 5.97 Å². The van der Waals surface area contributed by atoms with Gasteiger partial charge in [-0.3, -0.25) is 9.59 Å². The zero-order valence-electron chi connectivity index (χ0n) is 10.7. The van der Waals surface area contributed by atoms with Gasteiger partial charge in [0.1, 0.15) is 0 Å². The van der Waals surface area contributed by atoms with Crippen molar-refractivity contribution in [3.05, 3.63) is 52.7 Å². The monoisotopic (exact) mass is 303 g/mol. The topological polar surface area (TPSA) is 98.8 Å². The maximum absolute atomic E-state index is 12.4. The zero-order chi connectivity index (χ0) is 15.0. The Hall–Kier alpha value is -2.60. The molecule has 3 aromatic rings. The third-order valence-corrected chi connectivity index (χ3v) is 3.37. The SMILES string of the molecule is O=C(O)Cc1c(C(=O)c2ncc[nH]2)[nH]c2ccc(Cl)cc12. The molecule has 7 heteroatoms. The maximum atomic E-state index is 12.4. The molecule has 3 N–H and O–H groups in total. The van der Waals surface area contributed by atoms with Crippen molar-refractivity contribution in [2.45, 2.75) is 6.42 Å². The summed E-state index contributed by atoms with van der Waals surface area (Å²) in [6.45, 7) is 0. The second-order valence-electron chi connectivity index (χ2n) is 4.51. The number of aromatic nitrogens is 3. The average Bonchev–Trinajstić information content (AvgIpc) is 3.06. The fraction of sp³-hybridized carbons (Fsp3) is 0.0714. The second kappa shape index (κ2) is 5.06. The summed E-state index contributed by atoms with van der Waals surface area (Å²) in [5.41, 5.74) is 1.27. The molecule has 6 nitrogen and oxygen atoms in total. The highest BCUT2D eigenvalue weighted by Gasteiger charge is 2.22. The molecule has 21 heavy (non-hydrogen) atoms. The summed E-state index contributed by atoms with van der Waals surface area (Å²) in [6, 6.07) is 5.03. The minimum absolute atomic E-state index is 0.152. The Morgan fingerprint density at radius 2 is 2.14 bits per heavy atom. The highest BCUT2D eigenvalue weighted by molar-refractivity contribution is 6.31. The van der Waals surface area contributed by atoms with Crippen molar-refractivity contribution in [3.8, 4) is 0 Å². The van der Waals surface area contributed by atoms with Gasteiger partial charge < -0.3 is 15.1 Å². The van der Waals surface area contributed by atoms with Gasteiger partial charge in [0.25, 0.3) is 0 Å². The Morgan fingerprint density at radius 1 is 1.33 bits per heavy atom. The van der Waals surface area contributed by atoms with Crippen LogP contribution >= 0.6 is 11.6 Å². The summed E-state index contributed by atoms with van der Waals surface area (Å²) >= 11 is 5.95. The number of nitrogens with zero attached hydrogens (tertiary/aromatic N) is 1. The van der Waals surface area contributed by atoms with Gasteiger partial charge in [-0.15, -0.1) is 0 Å². The summed E-state index contributed by atoms with van der Waals surface area (Å²) in [5, 5.41) is 10.2. The van der Waals surface area contributed by atoms with Gasteiger partial charge in [0.2, 0.25) is 5.78 Å². The molecule has 2 aromatic heterocycles.